The number of rotatable bonds is 4. The van der Waals surface area contributed by atoms with Gasteiger partial charge in [0.2, 0.25) is 5.91 Å². The number of hydrogen-bond donors (Lipinski definition) is 4. The standard InChI is InChI=1S/C13H15N3O3/c1-7-11(8-4-2-3-5-9(8)16-7)13(19)15-6-10(17)12(14)18/h2-5,10,16-17H,6H2,1H3,(H2,14,18)(H,15,19). The molecule has 19 heavy (non-hydrogen) atoms. The normalized spacial score (nSPS) is 12.3. The number of aliphatic hydroxyl groups is 1. The number of para-hydroxylation sites is 1. The van der Waals surface area contributed by atoms with Gasteiger partial charge in [0.1, 0.15) is 6.10 Å². The Kier molecular flexibility index (Phi) is 3.52. The number of aliphatic hydroxyl groups excluding tert-OH is 1. The van der Waals surface area contributed by atoms with Crippen molar-refractivity contribution in [2.45, 2.75) is 13.0 Å². The van der Waals surface area contributed by atoms with Gasteiger partial charge in [0, 0.05) is 16.6 Å². The van der Waals surface area contributed by atoms with Crippen molar-refractivity contribution < 1.29 is 14.7 Å². The van der Waals surface area contributed by atoms with E-state index in [0.29, 0.717) is 5.56 Å². The van der Waals surface area contributed by atoms with Crippen LogP contribution in [0.4, 0.5) is 0 Å². The first-order valence-corrected chi connectivity index (χ1v) is 5.83. The molecule has 1 aromatic heterocycles. The SMILES string of the molecule is Cc1[nH]c2ccccc2c1C(=O)NCC(O)C(N)=O. The first kappa shape index (κ1) is 13.1. The van der Waals surface area contributed by atoms with Gasteiger partial charge in [0.25, 0.3) is 5.91 Å². The van der Waals surface area contributed by atoms with E-state index in [1.807, 2.05) is 24.3 Å². The van der Waals surface area contributed by atoms with E-state index >= 15 is 0 Å². The number of nitrogens with two attached hydrogens (primary N) is 1. The van der Waals surface area contributed by atoms with Gasteiger partial charge in [0.05, 0.1) is 12.1 Å². The highest BCUT2D eigenvalue weighted by molar-refractivity contribution is 6.08. The van der Waals surface area contributed by atoms with Crippen molar-refractivity contribution in [3.05, 3.63) is 35.5 Å². The molecule has 1 atom stereocenters. The highest BCUT2D eigenvalue weighted by Crippen LogP contribution is 2.21. The Bertz CT molecular complexity index is 633. The van der Waals surface area contributed by atoms with Crippen molar-refractivity contribution in [1.29, 1.82) is 0 Å². The molecule has 0 aliphatic carbocycles. The van der Waals surface area contributed by atoms with Crippen LogP contribution in [-0.2, 0) is 4.79 Å². The number of primary amides is 1. The van der Waals surface area contributed by atoms with Crippen LogP contribution in [0.1, 0.15) is 16.1 Å². The predicted molar refractivity (Wildman–Crippen MR) is 70.6 cm³/mol. The van der Waals surface area contributed by atoms with Crippen LogP contribution in [0.3, 0.4) is 0 Å². The van der Waals surface area contributed by atoms with Gasteiger partial charge in [-0.3, -0.25) is 9.59 Å². The van der Waals surface area contributed by atoms with Crippen LogP contribution in [0.15, 0.2) is 24.3 Å². The Balaban J connectivity index is 2.22. The minimum Gasteiger partial charge on any atom is -0.381 e. The zero-order chi connectivity index (χ0) is 14.0. The lowest BCUT2D eigenvalue weighted by atomic mass is 10.1. The molecule has 0 radical (unpaired) electrons. The Labute approximate surface area is 109 Å². The number of carbonyl (C=O) groups is 2. The number of aromatic amines is 1. The lowest BCUT2D eigenvalue weighted by molar-refractivity contribution is -0.125. The summed E-state index contributed by atoms with van der Waals surface area (Å²) in [6.07, 6.45) is -1.38. The van der Waals surface area contributed by atoms with E-state index in [2.05, 4.69) is 10.3 Å². The summed E-state index contributed by atoms with van der Waals surface area (Å²) in [7, 11) is 0. The summed E-state index contributed by atoms with van der Waals surface area (Å²) in [5.41, 5.74) is 7.01. The van der Waals surface area contributed by atoms with Gasteiger partial charge in [-0.2, -0.15) is 0 Å². The largest absolute Gasteiger partial charge is 0.381 e. The highest BCUT2D eigenvalue weighted by atomic mass is 16.3. The Morgan fingerprint density at radius 2 is 2.11 bits per heavy atom. The topological polar surface area (TPSA) is 108 Å². The smallest absolute Gasteiger partial charge is 0.253 e. The fraction of sp³-hybridized carbons (Fsp3) is 0.231. The maximum atomic E-state index is 12.1. The molecule has 0 aliphatic rings. The first-order valence-electron chi connectivity index (χ1n) is 5.83. The third kappa shape index (κ3) is 2.58. The molecule has 2 amide bonds. The van der Waals surface area contributed by atoms with E-state index in [4.69, 9.17) is 5.73 Å². The van der Waals surface area contributed by atoms with Crippen molar-refractivity contribution in [3.63, 3.8) is 0 Å². The summed E-state index contributed by atoms with van der Waals surface area (Å²) in [4.78, 5) is 25.9. The number of aromatic nitrogens is 1. The summed E-state index contributed by atoms with van der Waals surface area (Å²) < 4.78 is 0. The summed E-state index contributed by atoms with van der Waals surface area (Å²) in [5.74, 6) is -1.22. The number of H-pyrrole nitrogens is 1. The molecule has 5 N–H and O–H groups in total. The zero-order valence-electron chi connectivity index (χ0n) is 10.4. The minimum absolute atomic E-state index is 0.201. The number of fused-ring (bicyclic) bond motifs is 1. The molecule has 0 fully saturated rings. The van der Waals surface area contributed by atoms with E-state index in [1.54, 1.807) is 6.92 Å². The second-order valence-corrected chi connectivity index (χ2v) is 4.30. The number of aryl methyl sites for hydroxylation is 1. The van der Waals surface area contributed by atoms with Crippen LogP contribution in [0.5, 0.6) is 0 Å². The monoisotopic (exact) mass is 261 g/mol. The van der Waals surface area contributed by atoms with E-state index in [-0.39, 0.29) is 12.5 Å². The maximum absolute atomic E-state index is 12.1. The third-order valence-corrected chi connectivity index (χ3v) is 2.91. The van der Waals surface area contributed by atoms with Crippen molar-refractivity contribution in [1.82, 2.24) is 10.3 Å². The van der Waals surface area contributed by atoms with Crippen LogP contribution in [0, 0.1) is 6.92 Å². The van der Waals surface area contributed by atoms with Crippen molar-refractivity contribution >= 4 is 22.7 Å². The predicted octanol–water partition coefficient (Wildman–Crippen LogP) is 0.0523. The molecule has 2 aromatic rings. The Hall–Kier alpha value is -2.34. The molecule has 1 heterocycles. The fourth-order valence-electron chi connectivity index (χ4n) is 1.95. The lowest BCUT2D eigenvalue weighted by Crippen LogP contribution is -2.40. The fourth-order valence-corrected chi connectivity index (χ4v) is 1.95. The molecule has 0 saturated heterocycles. The van der Waals surface area contributed by atoms with E-state index in [0.717, 1.165) is 16.6 Å². The summed E-state index contributed by atoms with van der Waals surface area (Å²) in [6, 6.07) is 7.41. The molecule has 0 saturated carbocycles. The van der Waals surface area contributed by atoms with Crippen LogP contribution >= 0.6 is 0 Å². The molecule has 6 heteroatoms. The maximum Gasteiger partial charge on any atom is 0.253 e. The first-order chi connectivity index (χ1) is 9.00. The number of benzene rings is 1. The van der Waals surface area contributed by atoms with Gasteiger partial charge in [-0.1, -0.05) is 18.2 Å². The second-order valence-electron chi connectivity index (χ2n) is 4.30. The van der Waals surface area contributed by atoms with Crippen molar-refractivity contribution in [2.75, 3.05) is 6.54 Å². The van der Waals surface area contributed by atoms with Gasteiger partial charge >= 0.3 is 0 Å². The number of hydrogen-bond acceptors (Lipinski definition) is 3. The number of nitrogens with one attached hydrogen (secondary N) is 2. The van der Waals surface area contributed by atoms with E-state index in [9.17, 15) is 14.7 Å². The second kappa shape index (κ2) is 5.11. The molecule has 1 unspecified atom stereocenters. The van der Waals surface area contributed by atoms with Crippen molar-refractivity contribution in [2.24, 2.45) is 5.73 Å². The molecule has 1 aromatic carbocycles. The quantitative estimate of drug-likeness (QED) is 0.624. The van der Waals surface area contributed by atoms with Gasteiger partial charge in [-0.15, -0.1) is 0 Å². The van der Waals surface area contributed by atoms with Crippen LogP contribution in [-0.4, -0.2) is 34.6 Å². The van der Waals surface area contributed by atoms with Crippen LogP contribution in [0.2, 0.25) is 0 Å². The molecule has 0 spiro atoms. The van der Waals surface area contributed by atoms with Gasteiger partial charge in [0.15, 0.2) is 0 Å². The Morgan fingerprint density at radius 1 is 1.42 bits per heavy atom. The third-order valence-electron chi connectivity index (χ3n) is 2.91. The molecular formula is C13H15N3O3. The summed E-state index contributed by atoms with van der Waals surface area (Å²) in [6.45, 7) is 1.59. The average molecular weight is 261 g/mol. The summed E-state index contributed by atoms with van der Waals surface area (Å²) >= 11 is 0. The molecule has 0 aliphatic heterocycles. The molecule has 2 rings (SSSR count). The Morgan fingerprint density at radius 3 is 2.79 bits per heavy atom. The van der Waals surface area contributed by atoms with Crippen LogP contribution < -0.4 is 11.1 Å². The minimum atomic E-state index is -1.38. The average Bonchev–Trinajstić information content (AvgIpc) is 2.71. The molecule has 6 nitrogen and oxygen atoms in total. The van der Waals surface area contributed by atoms with Gasteiger partial charge < -0.3 is 21.1 Å². The van der Waals surface area contributed by atoms with Gasteiger partial charge in [-0.05, 0) is 13.0 Å². The highest BCUT2D eigenvalue weighted by Gasteiger charge is 2.18. The zero-order valence-corrected chi connectivity index (χ0v) is 10.4. The molecular weight excluding hydrogens is 246 g/mol. The van der Waals surface area contributed by atoms with E-state index < -0.39 is 12.0 Å². The van der Waals surface area contributed by atoms with Crippen molar-refractivity contribution in [3.8, 4) is 0 Å². The van der Waals surface area contributed by atoms with E-state index in [1.165, 1.54) is 0 Å². The lowest BCUT2D eigenvalue weighted by Gasteiger charge is -2.08. The van der Waals surface area contributed by atoms with Gasteiger partial charge in [-0.25, -0.2) is 0 Å². The number of carbonyl (C=O) groups excluding carboxylic acids is 2. The molecule has 100 valence electrons. The summed E-state index contributed by atoms with van der Waals surface area (Å²) in [5, 5.41) is 12.5. The van der Waals surface area contributed by atoms with Crippen LogP contribution in [0.25, 0.3) is 10.9 Å². The molecule has 0 bridgehead atoms. The number of amides is 2.